The lowest BCUT2D eigenvalue weighted by Gasteiger charge is -2.01. The zero-order valence-electron chi connectivity index (χ0n) is 9.19. The Morgan fingerprint density at radius 2 is 2.28 bits per heavy atom. The van der Waals surface area contributed by atoms with E-state index >= 15 is 0 Å². The lowest BCUT2D eigenvalue weighted by Crippen LogP contribution is -1.91. The Bertz CT molecular complexity index is 612. The molecule has 0 radical (unpaired) electrons. The number of rotatable bonds is 4. The topological polar surface area (TPSA) is 86.0 Å². The molecule has 0 aliphatic carbocycles. The molecule has 0 saturated heterocycles. The van der Waals surface area contributed by atoms with Crippen molar-refractivity contribution in [3.63, 3.8) is 0 Å². The summed E-state index contributed by atoms with van der Waals surface area (Å²) in [6.45, 7) is 1.77. The zero-order valence-corrected chi connectivity index (χ0v) is 10.8. The number of nitro benzene ring substituents is 1. The molecule has 1 heterocycles. The van der Waals surface area contributed by atoms with Gasteiger partial charge >= 0.3 is 0 Å². The highest BCUT2D eigenvalue weighted by Crippen LogP contribution is 2.32. The van der Waals surface area contributed by atoms with Gasteiger partial charge in [-0.25, -0.2) is 4.98 Å². The molecule has 0 saturated carbocycles. The highest BCUT2D eigenvalue weighted by molar-refractivity contribution is 8.01. The van der Waals surface area contributed by atoms with Gasteiger partial charge in [-0.05, 0) is 24.5 Å². The molecular formula is C10H7N3O3S2. The van der Waals surface area contributed by atoms with Crippen molar-refractivity contribution >= 4 is 35.3 Å². The molecule has 0 aliphatic heterocycles. The van der Waals surface area contributed by atoms with Gasteiger partial charge in [0.2, 0.25) is 0 Å². The normalized spacial score (nSPS) is 10.3. The van der Waals surface area contributed by atoms with Gasteiger partial charge < -0.3 is 0 Å². The summed E-state index contributed by atoms with van der Waals surface area (Å²) in [5.41, 5.74) is 0.178. The molecule has 6 nitrogen and oxygen atoms in total. The minimum Gasteiger partial charge on any atom is -0.298 e. The minimum atomic E-state index is -0.531. The van der Waals surface area contributed by atoms with Gasteiger partial charge in [0.1, 0.15) is 5.82 Å². The van der Waals surface area contributed by atoms with Crippen LogP contribution in [0.5, 0.6) is 0 Å². The Labute approximate surface area is 110 Å². The van der Waals surface area contributed by atoms with E-state index < -0.39 is 4.92 Å². The molecule has 2 rings (SSSR count). The summed E-state index contributed by atoms with van der Waals surface area (Å²) in [4.78, 5) is 25.8. The monoisotopic (exact) mass is 281 g/mol. The second-order valence-electron chi connectivity index (χ2n) is 3.31. The Balaban J connectivity index is 2.33. The third kappa shape index (κ3) is 2.71. The summed E-state index contributed by atoms with van der Waals surface area (Å²) in [5.74, 6) is 0.664. The predicted octanol–water partition coefficient (Wildman–Crippen LogP) is 2.72. The second-order valence-corrected chi connectivity index (χ2v) is 5.35. The van der Waals surface area contributed by atoms with Crippen molar-refractivity contribution in [1.29, 1.82) is 0 Å². The molecule has 1 aromatic heterocycles. The van der Waals surface area contributed by atoms with Crippen LogP contribution in [0.3, 0.4) is 0 Å². The number of nitrogens with zero attached hydrogens (tertiary/aromatic N) is 3. The first-order chi connectivity index (χ1) is 8.60. The first-order valence-corrected chi connectivity index (χ1v) is 6.41. The van der Waals surface area contributed by atoms with Crippen LogP contribution in [0.4, 0.5) is 5.69 Å². The maximum absolute atomic E-state index is 10.9. The van der Waals surface area contributed by atoms with E-state index in [1.807, 2.05) is 0 Å². The predicted molar refractivity (Wildman–Crippen MR) is 67.3 cm³/mol. The largest absolute Gasteiger partial charge is 0.298 e. The molecule has 1 aromatic carbocycles. The summed E-state index contributed by atoms with van der Waals surface area (Å²) in [7, 11) is 0. The molecule has 0 aliphatic rings. The Morgan fingerprint density at radius 3 is 2.83 bits per heavy atom. The molecule has 0 spiro atoms. The number of carbonyl (C=O) groups excluding carboxylic acids is 1. The average Bonchev–Trinajstić information content (AvgIpc) is 2.75. The number of non-ortho nitro benzene ring substituents is 1. The smallest absolute Gasteiger partial charge is 0.270 e. The SMILES string of the molecule is Cc1nsc(Sc2ccc([N+](=O)[O-])cc2C=O)n1. The molecule has 0 N–H and O–H groups in total. The average molecular weight is 281 g/mol. The van der Waals surface area contributed by atoms with Crippen LogP contribution in [0, 0.1) is 17.0 Å². The van der Waals surface area contributed by atoms with Gasteiger partial charge in [-0.15, -0.1) is 0 Å². The molecule has 0 amide bonds. The fourth-order valence-electron chi connectivity index (χ4n) is 1.25. The van der Waals surface area contributed by atoms with Gasteiger partial charge in [-0.1, -0.05) is 11.8 Å². The first-order valence-electron chi connectivity index (χ1n) is 4.82. The Morgan fingerprint density at radius 1 is 1.50 bits per heavy atom. The van der Waals surface area contributed by atoms with Crippen molar-refractivity contribution in [2.45, 2.75) is 16.2 Å². The van der Waals surface area contributed by atoms with Crippen LogP contribution >= 0.6 is 23.3 Å². The van der Waals surface area contributed by atoms with Crippen molar-refractivity contribution in [2.24, 2.45) is 0 Å². The summed E-state index contributed by atoms with van der Waals surface area (Å²) in [5, 5.41) is 10.6. The summed E-state index contributed by atoms with van der Waals surface area (Å²) in [6.07, 6.45) is 0.600. The summed E-state index contributed by atoms with van der Waals surface area (Å²) >= 11 is 2.50. The van der Waals surface area contributed by atoms with Gasteiger partial charge in [0, 0.05) is 22.6 Å². The molecule has 2 aromatic rings. The highest BCUT2D eigenvalue weighted by atomic mass is 32.2. The van der Waals surface area contributed by atoms with Gasteiger partial charge in [-0.3, -0.25) is 14.9 Å². The van der Waals surface area contributed by atoms with Crippen molar-refractivity contribution in [2.75, 3.05) is 0 Å². The van der Waals surface area contributed by atoms with Gasteiger partial charge in [0.25, 0.3) is 5.69 Å². The van der Waals surface area contributed by atoms with Crippen LogP contribution in [0.25, 0.3) is 0 Å². The quantitative estimate of drug-likeness (QED) is 0.486. The van der Waals surface area contributed by atoms with E-state index in [0.717, 1.165) is 0 Å². The molecular weight excluding hydrogens is 274 g/mol. The number of hydrogen-bond acceptors (Lipinski definition) is 7. The molecule has 0 fully saturated rings. The van der Waals surface area contributed by atoms with Crippen LogP contribution < -0.4 is 0 Å². The molecule has 8 heteroatoms. The number of nitro groups is 1. The minimum absolute atomic E-state index is 0.102. The van der Waals surface area contributed by atoms with Crippen molar-refractivity contribution in [3.05, 3.63) is 39.7 Å². The van der Waals surface area contributed by atoms with E-state index in [1.54, 1.807) is 13.0 Å². The Hall–Kier alpha value is -1.80. The number of aldehydes is 1. The van der Waals surface area contributed by atoms with Crippen molar-refractivity contribution in [1.82, 2.24) is 9.36 Å². The number of hydrogen-bond donors (Lipinski definition) is 0. The third-order valence-corrected chi connectivity index (χ3v) is 3.97. The second kappa shape index (κ2) is 5.23. The standard InChI is InChI=1S/C10H7N3O3S2/c1-6-11-10(18-12-6)17-9-3-2-8(13(15)16)4-7(9)5-14/h2-5H,1H3. The van der Waals surface area contributed by atoms with E-state index in [2.05, 4.69) is 9.36 Å². The number of benzene rings is 1. The van der Waals surface area contributed by atoms with E-state index in [4.69, 9.17) is 0 Å². The molecule has 0 unspecified atom stereocenters. The van der Waals surface area contributed by atoms with Crippen molar-refractivity contribution in [3.8, 4) is 0 Å². The maximum atomic E-state index is 10.9. The first kappa shape index (κ1) is 12.7. The van der Waals surface area contributed by atoms with Crippen LogP contribution in [0.1, 0.15) is 16.2 Å². The van der Waals surface area contributed by atoms with Crippen LogP contribution in [0.2, 0.25) is 0 Å². The van der Waals surface area contributed by atoms with Gasteiger partial charge in [0.15, 0.2) is 10.6 Å². The third-order valence-electron chi connectivity index (χ3n) is 2.04. The number of aromatic nitrogens is 2. The highest BCUT2D eigenvalue weighted by Gasteiger charge is 2.12. The summed E-state index contributed by atoms with van der Waals surface area (Å²) < 4.78 is 4.73. The van der Waals surface area contributed by atoms with Gasteiger partial charge in [0.05, 0.1) is 4.92 Å². The number of aryl methyl sites for hydroxylation is 1. The summed E-state index contributed by atoms with van der Waals surface area (Å²) in [6, 6.07) is 4.16. The van der Waals surface area contributed by atoms with Crippen LogP contribution in [0.15, 0.2) is 27.4 Å². The fraction of sp³-hybridized carbons (Fsp3) is 0.100. The van der Waals surface area contributed by atoms with Crippen LogP contribution in [-0.4, -0.2) is 20.6 Å². The van der Waals surface area contributed by atoms with E-state index in [9.17, 15) is 14.9 Å². The molecule has 0 atom stereocenters. The molecule has 18 heavy (non-hydrogen) atoms. The fourth-order valence-corrected chi connectivity index (χ4v) is 2.93. The molecule has 0 bridgehead atoms. The van der Waals surface area contributed by atoms with E-state index in [-0.39, 0.29) is 11.3 Å². The molecule has 92 valence electrons. The lowest BCUT2D eigenvalue weighted by atomic mass is 10.2. The number of carbonyl (C=O) groups is 1. The van der Waals surface area contributed by atoms with Gasteiger partial charge in [-0.2, -0.15) is 4.37 Å². The maximum Gasteiger partial charge on any atom is 0.270 e. The lowest BCUT2D eigenvalue weighted by molar-refractivity contribution is -0.384. The van der Waals surface area contributed by atoms with Crippen LogP contribution in [-0.2, 0) is 0 Å². The van der Waals surface area contributed by atoms with E-state index in [0.29, 0.717) is 21.3 Å². The van der Waals surface area contributed by atoms with Crippen molar-refractivity contribution < 1.29 is 9.72 Å². The zero-order chi connectivity index (χ0) is 13.1. The van der Waals surface area contributed by atoms with E-state index in [1.165, 1.54) is 35.4 Å². The Kier molecular flexibility index (Phi) is 3.68.